The van der Waals surface area contributed by atoms with Crippen molar-refractivity contribution in [3.63, 3.8) is 0 Å². The zero-order chi connectivity index (χ0) is 11.8. The molecule has 0 fully saturated rings. The van der Waals surface area contributed by atoms with Gasteiger partial charge >= 0.3 is 0 Å². The lowest BCUT2D eigenvalue weighted by Crippen LogP contribution is -2.07. The molecule has 1 aromatic heterocycles. The second-order valence-corrected chi connectivity index (χ2v) is 3.76. The van der Waals surface area contributed by atoms with Crippen LogP contribution in [0.15, 0.2) is 0 Å². The van der Waals surface area contributed by atoms with Gasteiger partial charge in [-0.1, -0.05) is 31.4 Å². The smallest absolute Gasteiger partial charge is 0.172 e. The third kappa shape index (κ3) is 3.41. The molecule has 0 atom stereocenters. The Morgan fingerprint density at radius 3 is 2.81 bits per heavy atom. The molecule has 0 aromatic carbocycles. The van der Waals surface area contributed by atoms with Crippen LogP contribution in [-0.4, -0.2) is 28.4 Å². The molecule has 0 aliphatic rings. The van der Waals surface area contributed by atoms with Crippen molar-refractivity contribution in [1.29, 1.82) is 0 Å². The fourth-order valence-electron chi connectivity index (χ4n) is 1.59. The van der Waals surface area contributed by atoms with E-state index in [-0.39, 0.29) is 0 Å². The molecule has 1 heterocycles. The van der Waals surface area contributed by atoms with Crippen molar-refractivity contribution in [2.45, 2.75) is 45.8 Å². The van der Waals surface area contributed by atoms with Crippen molar-refractivity contribution in [2.75, 3.05) is 7.11 Å². The number of ether oxygens (including phenoxy) is 1. The Bertz CT molecular complexity index is 323. The zero-order valence-electron chi connectivity index (χ0n) is 9.98. The maximum Gasteiger partial charge on any atom is 0.172 e. The Kier molecular flexibility index (Phi) is 5.71. The fraction of sp³-hybridized carbons (Fsp3) is 0.727. The summed E-state index contributed by atoms with van der Waals surface area (Å²) in [4.78, 5) is 10.7. The van der Waals surface area contributed by atoms with Gasteiger partial charge in [0.05, 0.1) is 12.3 Å². The summed E-state index contributed by atoms with van der Waals surface area (Å²) in [7, 11) is 1.60. The van der Waals surface area contributed by atoms with Gasteiger partial charge in [0.2, 0.25) is 0 Å². The van der Waals surface area contributed by atoms with Crippen LogP contribution in [0, 0.1) is 0 Å². The minimum Gasteiger partial charge on any atom is -0.378 e. The van der Waals surface area contributed by atoms with Crippen LogP contribution in [0.2, 0.25) is 0 Å². The van der Waals surface area contributed by atoms with Crippen LogP contribution in [-0.2, 0) is 17.9 Å². The van der Waals surface area contributed by atoms with Crippen molar-refractivity contribution in [3.05, 3.63) is 11.4 Å². The van der Waals surface area contributed by atoms with Crippen LogP contribution in [0.5, 0.6) is 0 Å². The van der Waals surface area contributed by atoms with E-state index in [2.05, 4.69) is 17.2 Å². The van der Waals surface area contributed by atoms with Gasteiger partial charge in [-0.05, 0) is 6.42 Å². The number of unbranched alkanes of at least 4 members (excludes halogenated alkanes) is 3. The Hall–Kier alpha value is -1.23. The van der Waals surface area contributed by atoms with Crippen LogP contribution in [0.25, 0.3) is 0 Å². The van der Waals surface area contributed by atoms with Gasteiger partial charge in [-0.15, -0.1) is 5.10 Å². The van der Waals surface area contributed by atoms with E-state index in [1.54, 1.807) is 11.8 Å². The van der Waals surface area contributed by atoms with Gasteiger partial charge in [-0.3, -0.25) is 4.79 Å². The summed E-state index contributed by atoms with van der Waals surface area (Å²) in [6, 6.07) is 0. The molecule has 1 aromatic rings. The number of carbonyl (C=O) groups excluding carboxylic acids is 1. The highest BCUT2D eigenvalue weighted by atomic mass is 16.5. The Labute approximate surface area is 95.8 Å². The summed E-state index contributed by atoms with van der Waals surface area (Å²) >= 11 is 0. The number of rotatable bonds is 8. The monoisotopic (exact) mass is 225 g/mol. The van der Waals surface area contributed by atoms with Gasteiger partial charge in [-0.2, -0.15) is 0 Å². The lowest BCUT2D eigenvalue weighted by atomic mass is 10.2. The molecule has 0 aliphatic heterocycles. The lowest BCUT2D eigenvalue weighted by molar-refractivity contribution is 0.111. The van der Waals surface area contributed by atoms with E-state index in [1.165, 1.54) is 19.3 Å². The van der Waals surface area contributed by atoms with E-state index >= 15 is 0 Å². The van der Waals surface area contributed by atoms with Gasteiger partial charge in [0, 0.05) is 13.7 Å². The third-order valence-electron chi connectivity index (χ3n) is 2.48. The number of aryl methyl sites for hydroxylation is 1. The highest BCUT2D eigenvalue weighted by Crippen LogP contribution is 2.07. The number of hydrogen-bond donors (Lipinski definition) is 0. The molecule has 5 nitrogen and oxygen atoms in total. The topological polar surface area (TPSA) is 57.0 Å². The fourth-order valence-corrected chi connectivity index (χ4v) is 1.59. The van der Waals surface area contributed by atoms with Crippen LogP contribution < -0.4 is 0 Å². The summed E-state index contributed by atoms with van der Waals surface area (Å²) in [5.41, 5.74) is 1.16. The molecule has 0 bridgehead atoms. The Morgan fingerprint density at radius 2 is 2.19 bits per heavy atom. The first-order valence-corrected chi connectivity index (χ1v) is 5.70. The number of aldehydes is 1. The maximum absolute atomic E-state index is 10.7. The number of nitrogens with zero attached hydrogens (tertiary/aromatic N) is 3. The minimum atomic E-state index is 0.384. The first-order valence-electron chi connectivity index (χ1n) is 5.70. The van der Waals surface area contributed by atoms with Crippen molar-refractivity contribution in [3.8, 4) is 0 Å². The predicted octanol–water partition coefficient (Wildman–Crippen LogP) is 1.82. The van der Waals surface area contributed by atoms with E-state index < -0.39 is 0 Å². The van der Waals surface area contributed by atoms with E-state index in [1.807, 2.05) is 0 Å². The highest BCUT2D eigenvalue weighted by Gasteiger charge is 2.11. The zero-order valence-corrected chi connectivity index (χ0v) is 9.98. The van der Waals surface area contributed by atoms with E-state index in [0.717, 1.165) is 24.9 Å². The number of hydrogen-bond acceptors (Lipinski definition) is 4. The summed E-state index contributed by atoms with van der Waals surface area (Å²) in [5, 5.41) is 7.78. The molecule has 0 amide bonds. The minimum absolute atomic E-state index is 0.384. The second-order valence-electron chi connectivity index (χ2n) is 3.76. The highest BCUT2D eigenvalue weighted by molar-refractivity contribution is 5.73. The number of aromatic nitrogens is 3. The van der Waals surface area contributed by atoms with Crippen LogP contribution in [0.1, 0.15) is 48.8 Å². The quantitative estimate of drug-likeness (QED) is 0.500. The molecule has 0 unspecified atom stereocenters. The largest absolute Gasteiger partial charge is 0.378 e. The number of carbonyl (C=O) groups is 1. The van der Waals surface area contributed by atoms with Gasteiger partial charge in [0.25, 0.3) is 0 Å². The van der Waals surface area contributed by atoms with E-state index in [0.29, 0.717) is 12.3 Å². The summed E-state index contributed by atoms with van der Waals surface area (Å²) in [6.07, 6.45) is 5.41. The van der Waals surface area contributed by atoms with Crippen molar-refractivity contribution in [1.82, 2.24) is 15.0 Å². The molecule has 90 valence electrons. The molecule has 16 heavy (non-hydrogen) atoms. The first-order chi connectivity index (χ1) is 7.83. The van der Waals surface area contributed by atoms with Crippen LogP contribution in [0.3, 0.4) is 0 Å². The molecule has 0 spiro atoms. The first kappa shape index (κ1) is 12.8. The average Bonchev–Trinajstić information content (AvgIpc) is 2.68. The molecule has 0 saturated heterocycles. The van der Waals surface area contributed by atoms with Crippen LogP contribution >= 0.6 is 0 Å². The lowest BCUT2D eigenvalue weighted by Gasteiger charge is -2.05. The van der Waals surface area contributed by atoms with Crippen LogP contribution in [0.4, 0.5) is 0 Å². The summed E-state index contributed by atoms with van der Waals surface area (Å²) in [6.45, 7) is 3.37. The molecule has 0 N–H and O–H groups in total. The molecular formula is C11H19N3O2. The van der Waals surface area contributed by atoms with E-state index in [9.17, 15) is 4.79 Å². The van der Waals surface area contributed by atoms with Crippen molar-refractivity contribution < 1.29 is 9.53 Å². The molecule has 0 radical (unpaired) electrons. The van der Waals surface area contributed by atoms with Gasteiger partial charge in [-0.25, -0.2) is 4.68 Å². The Morgan fingerprint density at radius 1 is 1.38 bits per heavy atom. The molecule has 1 rings (SSSR count). The standard InChI is InChI=1S/C11H19N3O2/c1-3-4-5-6-7-14-11(9-16-2)10(8-15)12-13-14/h8H,3-7,9H2,1-2H3. The maximum atomic E-state index is 10.7. The normalized spacial score (nSPS) is 10.6. The predicted molar refractivity (Wildman–Crippen MR) is 60.3 cm³/mol. The van der Waals surface area contributed by atoms with Gasteiger partial charge in [0.15, 0.2) is 12.0 Å². The Balaban J connectivity index is 2.57. The van der Waals surface area contributed by atoms with Gasteiger partial charge in [0.1, 0.15) is 0 Å². The van der Waals surface area contributed by atoms with Crippen molar-refractivity contribution >= 4 is 6.29 Å². The molecular weight excluding hydrogens is 206 g/mol. The third-order valence-corrected chi connectivity index (χ3v) is 2.48. The SMILES string of the molecule is CCCCCCn1nnc(C=O)c1COC. The summed E-state index contributed by atoms with van der Waals surface area (Å²) in [5.74, 6) is 0. The number of methoxy groups -OCH3 is 1. The summed E-state index contributed by atoms with van der Waals surface area (Å²) < 4.78 is 6.80. The van der Waals surface area contributed by atoms with E-state index in [4.69, 9.17) is 4.74 Å². The molecule has 0 aliphatic carbocycles. The average molecular weight is 225 g/mol. The van der Waals surface area contributed by atoms with Gasteiger partial charge < -0.3 is 4.74 Å². The molecule has 5 heteroatoms. The van der Waals surface area contributed by atoms with Crippen molar-refractivity contribution in [2.24, 2.45) is 0 Å². The molecule has 0 saturated carbocycles. The second kappa shape index (κ2) is 7.11.